The summed E-state index contributed by atoms with van der Waals surface area (Å²) in [7, 11) is 1.23. The van der Waals surface area contributed by atoms with Gasteiger partial charge in [0.1, 0.15) is 24.7 Å². The van der Waals surface area contributed by atoms with Crippen LogP contribution in [0.5, 0.6) is 0 Å². The van der Waals surface area contributed by atoms with Crippen molar-refractivity contribution in [1.29, 1.82) is 0 Å². The maximum Gasteiger partial charge on any atom is 0.408 e. The molecule has 1 aromatic carbocycles. The maximum atomic E-state index is 13.3. The minimum atomic E-state index is -0.993. The van der Waals surface area contributed by atoms with Gasteiger partial charge >= 0.3 is 12.1 Å². The highest BCUT2D eigenvalue weighted by molar-refractivity contribution is 5.92. The summed E-state index contributed by atoms with van der Waals surface area (Å²) in [6, 6.07) is 5.96. The number of hydrogen-bond donors (Lipinski definition) is 2. The molecule has 1 aliphatic carbocycles. The fourth-order valence-electron chi connectivity index (χ4n) is 3.40. The van der Waals surface area contributed by atoms with Gasteiger partial charge in [0.2, 0.25) is 11.8 Å². The number of nitrogens with zero attached hydrogens (tertiary/aromatic N) is 1. The Labute approximate surface area is 194 Å². The predicted molar refractivity (Wildman–Crippen MR) is 123 cm³/mol. The predicted octanol–water partition coefficient (Wildman–Crippen LogP) is 2.57. The Hall–Kier alpha value is -3.36. The van der Waals surface area contributed by atoms with Gasteiger partial charge < -0.3 is 25.0 Å². The molecule has 0 radical (unpaired) electrons. The highest BCUT2D eigenvalue weighted by Gasteiger charge is 2.39. The monoisotopic (exact) mass is 459 g/mol. The molecule has 1 atom stereocenters. The molecule has 1 saturated carbocycles. The van der Waals surface area contributed by atoms with Crippen molar-refractivity contribution in [1.82, 2.24) is 15.5 Å². The van der Waals surface area contributed by atoms with Gasteiger partial charge in [-0.1, -0.05) is 30.9 Å². The third-order valence-corrected chi connectivity index (χ3v) is 5.16. The van der Waals surface area contributed by atoms with E-state index in [9.17, 15) is 19.2 Å². The molecule has 0 heterocycles. The average Bonchev–Trinajstić information content (AvgIpc) is 2.72. The molecular formula is C24H33N3O6. The van der Waals surface area contributed by atoms with Gasteiger partial charge in [-0.05, 0) is 57.2 Å². The zero-order valence-corrected chi connectivity index (χ0v) is 19.7. The maximum absolute atomic E-state index is 13.3. The van der Waals surface area contributed by atoms with Crippen LogP contribution in [0.25, 0.3) is 6.08 Å². The standard InChI is InChI=1S/C24H33N3O6/c1-6-16-9-7-10-17(13-16)21(22(30)25-15-20(29)32-5)27(18-11-8-12-18)19(28)14-26-23(31)33-24(2,3)4/h6-7,9-10,13,18,21H,1,8,11-12,14-15H2,2-5H3,(H,25,30)(H,26,31). The van der Waals surface area contributed by atoms with Gasteiger partial charge in [-0.15, -0.1) is 0 Å². The molecule has 0 saturated heterocycles. The molecule has 1 fully saturated rings. The number of carbonyl (C=O) groups excluding carboxylic acids is 4. The number of alkyl carbamates (subject to hydrolysis) is 1. The van der Waals surface area contributed by atoms with E-state index in [2.05, 4.69) is 21.9 Å². The Balaban J connectivity index is 2.32. The summed E-state index contributed by atoms with van der Waals surface area (Å²) in [4.78, 5) is 51.6. The summed E-state index contributed by atoms with van der Waals surface area (Å²) in [6.07, 6.45) is 3.33. The highest BCUT2D eigenvalue weighted by Crippen LogP contribution is 2.33. The van der Waals surface area contributed by atoms with Crippen LogP contribution in [-0.2, 0) is 23.9 Å². The van der Waals surface area contributed by atoms with E-state index in [-0.39, 0.29) is 19.1 Å². The summed E-state index contributed by atoms with van der Waals surface area (Å²) in [5.74, 6) is -1.54. The fourth-order valence-corrected chi connectivity index (χ4v) is 3.40. The first-order chi connectivity index (χ1) is 15.6. The quantitative estimate of drug-likeness (QED) is 0.549. The molecule has 0 spiro atoms. The van der Waals surface area contributed by atoms with Gasteiger partial charge in [-0.3, -0.25) is 14.4 Å². The van der Waals surface area contributed by atoms with Gasteiger partial charge in [0.25, 0.3) is 0 Å². The van der Waals surface area contributed by atoms with Gasteiger partial charge in [0.05, 0.1) is 7.11 Å². The second kappa shape index (κ2) is 11.5. The molecule has 0 bridgehead atoms. The van der Waals surface area contributed by atoms with Crippen LogP contribution in [0.2, 0.25) is 0 Å². The van der Waals surface area contributed by atoms with Crippen molar-refractivity contribution in [2.24, 2.45) is 0 Å². The summed E-state index contributed by atoms with van der Waals surface area (Å²) in [5.41, 5.74) is 0.654. The van der Waals surface area contributed by atoms with E-state index in [1.165, 1.54) is 12.0 Å². The van der Waals surface area contributed by atoms with E-state index < -0.39 is 35.5 Å². The molecule has 0 aromatic heterocycles. The smallest absolute Gasteiger partial charge is 0.408 e. The number of benzene rings is 1. The van der Waals surface area contributed by atoms with Gasteiger partial charge in [-0.25, -0.2) is 4.79 Å². The Kier molecular flexibility index (Phi) is 9.02. The van der Waals surface area contributed by atoms with E-state index in [1.807, 2.05) is 6.07 Å². The van der Waals surface area contributed by atoms with Crippen molar-refractivity contribution in [2.45, 2.75) is 57.7 Å². The Morgan fingerprint density at radius 3 is 2.42 bits per heavy atom. The molecule has 1 aliphatic rings. The van der Waals surface area contributed by atoms with E-state index in [0.29, 0.717) is 5.56 Å². The molecule has 9 heteroatoms. The number of methoxy groups -OCH3 is 1. The van der Waals surface area contributed by atoms with Crippen molar-refractivity contribution in [3.63, 3.8) is 0 Å². The molecule has 1 unspecified atom stereocenters. The molecule has 3 amide bonds. The number of rotatable bonds is 9. The largest absolute Gasteiger partial charge is 0.468 e. The molecule has 180 valence electrons. The zero-order valence-electron chi connectivity index (χ0n) is 19.7. The van der Waals surface area contributed by atoms with Crippen molar-refractivity contribution in [2.75, 3.05) is 20.2 Å². The second-order valence-corrected chi connectivity index (χ2v) is 8.81. The first kappa shape index (κ1) is 25.9. The Bertz CT molecular complexity index is 888. The normalized spacial score (nSPS) is 14.3. The number of esters is 1. The van der Waals surface area contributed by atoms with Crippen LogP contribution in [0.1, 0.15) is 57.2 Å². The SMILES string of the molecule is C=Cc1cccc(C(C(=O)NCC(=O)OC)N(C(=O)CNC(=O)OC(C)(C)C)C2CCC2)c1. The molecule has 2 rings (SSSR count). The Morgan fingerprint density at radius 2 is 1.88 bits per heavy atom. The third kappa shape index (κ3) is 7.62. The number of amides is 3. The first-order valence-electron chi connectivity index (χ1n) is 10.9. The van der Waals surface area contributed by atoms with E-state index in [4.69, 9.17) is 4.74 Å². The zero-order chi connectivity index (χ0) is 24.6. The second-order valence-electron chi connectivity index (χ2n) is 8.81. The van der Waals surface area contributed by atoms with E-state index in [0.717, 1.165) is 24.8 Å². The summed E-state index contributed by atoms with van der Waals surface area (Å²) >= 11 is 0. The fraction of sp³-hybridized carbons (Fsp3) is 0.500. The molecule has 9 nitrogen and oxygen atoms in total. The summed E-state index contributed by atoms with van der Waals surface area (Å²) in [5, 5.41) is 5.03. The summed E-state index contributed by atoms with van der Waals surface area (Å²) < 4.78 is 9.81. The minimum Gasteiger partial charge on any atom is -0.468 e. The minimum absolute atomic E-state index is 0.167. The lowest BCUT2D eigenvalue weighted by atomic mass is 9.88. The van der Waals surface area contributed by atoms with Gasteiger partial charge in [0.15, 0.2) is 0 Å². The average molecular weight is 460 g/mol. The molecule has 2 N–H and O–H groups in total. The van der Waals surface area contributed by atoms with Crippen LogP contribution in [0, 0.1) is 0 Å². The van der Waals surface area contributed by atoms with Gasteiger partial charge in [-0.2, -0.15) is 0 Å². The third-order valence-electron chi connectivity index (χ3n) is 5.16. The molecule has 1 aromatic rings. The molecular weight excluding hydrogens is 426 g/mol. The molecule has 33 heavy (non-hydrogen) atoms. The van der Waals surface area contributed by atoms with Gasteiger partial charge in [0, 0.05) is 6.04 Å². The lowest BCUT2D eigenvalue weighted by Crippen LogP contribution is -2.54. The van der Waals surface area contributed by atoms with Crippen LogP contribution in [-0.4, -0.2) is 60.6 Å². The van der Waals surface area contributed by atoms with Crippen molar-refractivity contribution >= 4 is 30.0 Å². The van der Waals surface area contributed by atoms with Crippen LogP contribution in [0.3, 0.4) is 0 Å². The lowest BCUT2D eigenvalue weighted by Gasteiger charge is -2.42. The lowest BCUT2D eigenvalue weighted by molar-refractivity contribution is -0.146. The van der Waals surface area contributed by atoms with Crippen molar-refractivity contribution in [3.05, 3.63) is 42.0 Å². The van der Waals surface area contributed by atoms with E-state index >= 15 is 0 Å². The van der Waals surface area contributed by atoms with E-state index in [1.54, 1.807) is 45.0 Å². The van der Waals surface area contributed by atoms with Crippen molar-refractivity contribution in [3.8, 4) is 0 Å². The number of carbonyl (C=O) groups is 4. The molecule has 0 aliphatic heterocycles. The first-order valence-corrected chi connectivity index (χ1v) is 10.9. The van der Waals surface area contributed by atoms with Crippen LogP contribution in [0.15, 0.2) is 30.8 Å². The van der Waals surface area contributed by atoms with Crippen molar-refractivity contribution < 1.29 is 28.7 Å². The topological polar surface area (TPSA) is 114 Å². The number of nitrogens with one attached hydrogen (secondary N) is 2. The Morgan fingerprint density at radius 1 is 1.18 bits per heavy atom. The number of hydrogen-bond acceptors (Lipinski definition) is 6. The van der Waals surface area contributed by atoms with Crippen LogP contribution < -0.4 is 10.6 Å². The highest BCUT2D eigenvalue weighted by atomic mass is 16.6. The van der Waals surface area contributed by atoms with Crippen LogP contribution in [0.4, 0.5) is 4.79 Å². The van der Waals surface area contributed by atoms with Crippen LogP contribution >= 0.6 is 0 Å². The summed E-state index contributed by atoms with van der Waals surface area (Å²) in [6.45, 7) is 8.29. The number of ether oxygens (including phenoxy) is 2.